The highest BCUT2D eigenvalue weighted by atomic mass is 32.2. The Hall–Kier alpha value is -0.890. The molecule has 1 N–H and O–H groups in total. The molecule has 0 amide bonds. The van der Waals surface area contributed by atoms with Gasteiger partial charge in [-0.3, -0.25) is 0 Å². The third kappa shape index (κ3) is 4.05. The van der Waals surface area contributed by atoms with Crippen LogP contribution >= 0.6 is 0 Å². The van der Waals surface area contributed by atoms with Crippen molar-refractivity contribution in [1.82, 2.24) is 9.62 Å². The van der Waals surface area contributed by atoms with Crippen molar-refractivity contribution < 1.29 is 17.6 Å². The highest BCUT2D eigenvalue weighted by molar-refractivity contribution is 7.89. The summed E-state index contributed by atoms with van der Waals surface area (Å²) in [5, 5.41) is 3.13. The van der Waals surface area contributed by atoms with E-state index in [1.807, 2.05) is 0 Å². The molecule has 6 nitrogen and oxygen atoms in total. The van der Waals surface area contributed by atoms with Crippen LogP contribution < -0.4 is 5.32 Å². The van der Waals surface area contributed by atoms with E-state index in [-0.39, 0.29) is 5.09 Å². The monoisotopic (exact) mass is 302 g/mol. The molecule has 1 aliphatic carbocycles. The second-order valence-corrected chi connectivity index (χ2v) is 7.10. The largest absolute Gasteiger partial charge is 0.447 e. The number of hydrogen-bond donors (Lipinski definition) is 1. The van der Waals surface area contributed by atoms with Gasteiger partial charge in [0.25, 0.3) is 10.0 Å². The predicted molar refractivity (Wildman–Crippen MR) is 74.8 cm³/mol. The van der Waals surface area contributed by atoms with Crippen LogP contribution in [0.2, 0.25) is 0 Å². The van der Waals surface area contributed by atoms with Crippen LogP contribution in [0.5, 0.6) is 0 Å². The fourth-order valence-electron chi connectivity index (χ4n) is 1.89. The number of nitrogens with one attached hydrogen (secondary N) is 1. The summed E-state index contributed by atoms with van der Waals surface area (Å²) < 4.78 is 36.3. The second kappa shape index (κ2) is 6.71. The van der Waals surface area contributed by atoms with Gasteiger partial charge in [-0.25, -0.2) is 8.42 Å². The summed E-state index contributed by atoms with van der Waals surface area (Å²) in [5.41, 5.74) is 0. The van der Waals surface area contributed by atoms with Crippen LogP contribution in [-0.2, 0) is 21.3 Å². The molecule has 20 heavy (non-hydrogen) atoms. The summed E-state index contributed by atoms with van der Waals surface area (Å²) in [6, 6.07) is 3.21. The maximum absolute atomic E-state index is 12.3. The zero-order valence-corrected chi connectivity index (χ0v) is 12.8. The Morgan fingerprint density at radius 2 is 2.20 bits per heavy atom. The van der Waals surface area contributed by atoms with Crippen molar-refractivity contribution >= 4 is 10.0 Å². The first-order valence-corrected chi connectivity index (χ1v) is 8.22. The molecule has 1 fully saturated rings. The van der Waals surface area contributed by atoms with E-state index in [0.717, 1.165) is 12.8 Å². The maximum atomic E-state index is 12.3. The van der Waals surface area contributed by atoms with E-state index in [1.165, 1.54) is 10.4 Å². The summed E-state index contributed by atoms with van der Waals surface area (Å²) in [4.78, 5) is 0. The lowest BCUT2D eigenvalue weighted by atomic mass is 10.4. The second-order valence-electron chi connectivity index (χ2n) is 5.12. The Labute approximate surface area is 120 Å². The van der Waals surface area contributed by atoms with Crippen molar-refractivity contribution in [2.75, 3.05) is 33.9 Å². The summed E-state index contributed by atoms with van der Waals surface area (Å²) in [7, 11) is -0.257. The minimum Gasteiger partial charge on any atom is -0.447 e. The summed E-state index contributed by atoms with van der Waals surface area (Å²) in [5.74, 6) is 1.12. The molecular weight excluding hydrogens is 280 g/mol. The van der Waals surface area contributed by atoms with Crippen molar-refractivity contribution in [2.24, 2.45) is 5.92 Å². The number of rotatable bonds is 9. The van der Waals surface area contributed by atoms with Crippen LogP contribution in [0.3, 0.4) is 0 Å². The fraction of sp³-hybridized carbons (Fsp3) is 0.692. The highest BCUT2D eigenvalue weighted by Gasteiger charge is 2.30. The van der Waals surface area contributed by atoms with E-state index in [1.54, 1.807) is 20.2 Å². The van der Waals surface area contributed by atoms with Crippen LogP contribution in [0, 0.1) is 5.92 Å². The fourth-order valence-corrected chi connectivity index (χ4v) is 3.06. The van der Waals surface area contributed by atoms with Crippen molar-refractivity contribution in [3.63, 3.8) is 0 Å². The number of furan rings is 1. The lowest BCUT2D eigenvalue weighted by molar-refractivity contribution is 0.198. The first-order valence-electron chi connectivity index (χ1n) is 6.78. The molecule has 0 spiro atoms. The van der Waals surface area contributed by atoms with Gasteiger partial charge < -0.3 is 14.5 Å². The predicted octanol–water partition coefficient (Wildman–Crippen LogP) is 1.05. The van der Waals surface area contributed by atoms with Crippen LogP contribution in [0.1, 0.15) is 18.6 Å². The molecule has 1 heterocycles. The number of ether oxygens (including phenoxy) is 1. The molecule has 1 aromatic rings. The van der Waals surface area contributed by atoms with Gasteiger partial charge in [0.05, 0.1) is 13.2 Å². The molecule has 1 aliphatic rings. The number of hydrogen-bond acceptors (Lipinski definition) is 5. The molecule has 0 aliphatic heterocycles. The lowest BCUT2D eigenvalue weighted by Crippen LogP contribution is -2.28. The molecule has 0 radical (unpaired) electrons. The Morgan fingerprint density at radius 1 is 1.45 bits per heavy atom. The number of methoxy groups -OCH3 is 1. The Bertz CT molecular complexity index is 522. The number of nitrogens with zero attached hydrogens (tertiary/aromatic N) is 1. The van der Waals surface area contributed by atoms with Gasteiger partial charge in [-0.05, 0) is 30.9 Å². The van der Waals surface area contributed by atoms with Gasteiger partial charge in [-0.15, -0.1) is 0 Å². The van der Waals surface area contributed by atoms with Crippen molar-refractivity contribution in [1.29, 1.82) is 0 Å². The van der Waals surface area contributed by atoms with E-state index < -0.39 is 10.0 Å². The molecule has 0 atom stereocenters. The van der Waals surface area contributed by atoms with Gasteiger partial charge in [0.15, 0.2) is 0 Å². The summed E-state index contributed by atoms with van der Waals surface area (Å²) in [6.07, 6.45) is 2.24. The van der Waals surface area contributed by atoms with Crippen LogP contribution in [0.4, 0.5) is 0 Å². The Morgan fingerprint density at radius 3 is 2.85 bits per heavy atom. The molecule has 7 heteroatoms. The summed E-state index contributed by atoms with van der Waals surface area (Å²) in [6.45, 7) is 2.37. The minimum atomic E-state index is -3.49. The van der Waals surface area contributed by atoms with Gasteiger partial charge in [-0.2, -0.15) is 4.31 Å². The first-order chi connectivity index (χ1) is 9.54. The van der Waals surface area contributed by atoms with E-state index in [4.69, 9.17) is 9.15 Å². The zero-order valence-electron chi connectivity index (χ0n) is 12.0. The van der Waals surface area contributed by atoms with Gasteiger partial charge >= 0.3 is 0 Å². The van der Waals surface area contributed by atoms with Gasteiger partial charge in [-0.1, -0.05) is 0 Å². The molecule has 0 bridgehead atoms. The SMILES string of the molecule is COCCNCc1ccc(S(=O)(=O)N(C)CC2CC2)o1. The maximum Gasteiger partial charge on any atom is 0.276 e. The Kier molecular flexibility index (Phi) is 5.20. The van der Waals surface area contributed by atoms with Gasteiger partial charge in [0, 0.05) is 27.2 Å². The van der Waals surface area contributed by atoms with Gasteiger partial charge in [0.2, 0.25) is 5.09 Å². The molecule has 0 unspecified atom stereocenters. The van der Waals surface area contributed by atoms with Crippen LogP contribution in [-0.4, -0.2) is 46.6 Å². The standard InChI is InChI=1S/C13H22N2O4S/c1-15(10-11-3-4-11)20(16,17)13-6-5-12(19-13)9-14-7-8-18-2/h5-6,11,14H,3-4,7-10H2,1-2H3. The number of sulfonamides is 1. The molecule has 1 aromatic heterocycles. The van der Waals surface area contributed by atoms with E-state index in [2.05, 4.69) is 5.32 Å². The minimum absolute atomic E-state index is 0.0178. The van der Waals surface area contributed by atoms with E-state index in [9.17, 15) is 8.42 Å². The quantitative estimate of drug-likeness (QED) is 0.690. The molecule has 0 saturated heterocycles. The van der Waals surface area contributed by atoms with Crippen molar-refractivity contribution in [3.8, 4) is 0 Å². The smallest absolute Gasteiger partial charge is 0.276 e. The van der Waals surface area contributed by atoms with Crippen LogP contribution in [0.25, 0.3) is 0 Å². The van der Waals surface area contributed by atoms with Crippen molar-refractivity contribution in [3.05, 3.63) is 17.9 Å². The lowest BCUT2D eigenvalue weighted by Gasteiger charge is -2.14. The highest BCUT2D eigenvalue weighted by Crippen LogP contribution is 2.31. The topological polar surface area (TPSA) is 71.8 Å². The van der Waals surface area contributed by atoms with Gasteiger partial charge in [0.1, 0.15) is 5.76 Å². The average molecular weight is 302 g/mol. The van der Waals surface area contributed by atoms with E-state index >= 15 is 0 Å². The molecular formula is C13H22N2O4S. The molecule has 1 saturated carbocycles. The third-order valence-electron chi connectivity index (χ3n) is 3.30. The normalized spacial score (nSPS) is 15.9. The van der Waals surface area contributed by atoms with E-state index in [0.29, 0.717) is 37.9 Å². The first kappa shape index (κ1) is 15.5. The van der Waals surface area contributed by atoms with Crippen LogP contribution in [0.15, 0.2) is 21.6 Å². The average Bonchev–Trinajstić information content (AvgIpc) is 3.09. The summed E-state index contributed by atoms with van der Waals surface area (Å²) >= 11 is 0. The molecule has 114 valence electrons. The molecule has 2 rings (SSSR count). The third-order valence-corrected chi connectivity index (χ3v) is 4.99. The zero-order chi connectivity index (χ0) is 14.6. The molecule has 0 aromatic carbocycles. The Balaban J connectivity index is 1.92. The van der Waals surface area contributed by atoms with Crippen molar-refractivity contribution in [2.45, 2.75) is 24.5 Å².